The fourth-order valence-electron chi connectivity index (χ4n) is 0.994. The summed E-state index contributed by atoms with van der Waals surface area (Å²) >= 11 is 8.16. The third kappa shape index (κ3) is 5.30. The Kier molecular flexibility index (Phi) is 6.15. The van der Waals surface area contributed by atoms with Crippen molar-refractivity contribution in [1.82, 2.24) is 15.0 Å². The zero-order chi connectivity index (χ0) is 11.8. The molecule has 0 radical (unpaired) electrons. The van der Waals surface area contributed by atoms with E-state index < -0.39 is 0 Å². The fraction of sp³-hybridized carbons (Fsp3) is 0.444. The number of hydrogen-bond donors (Lipinski definition) is 2. The van der Waals surface area contributed by atoms with E-state index >= 15 is 0 Å². The molecule has 4 nitrogen and oxygen atoms in total. The lowest BCUT2D eigenvalue weighted by molar-refractivity contribution is 0.959. The van der Waals surface area contributed by atoms with Crippen LogP contribution in [0.3, 0.4) is 0 Å². The molecule has 2 N–H and O–H groups in total. The van der Waals surface area contributed by atoms with Crippen LogP contribution in [0.1, 0.15) is 10.6 Å². The van der Waals surface area contributed by atoms with Gasteiger partial charge in [0.15, 0.2) is 11.3 Å². The van der Waals surface area contributed by atoms with Gasteiger partial charge >= 0.3 is 0 Å². The third-order valence-electron chi connectivity index (χ3n) is 1.63. The molecule has 1 aromatic heterocycles. The van der Waals surface area contributed by atoms with Crippen LogP contribution in [0.2, 0.25) is 0 Å². The van der Waals surface area contributed by atoms with Gasteiger partial charge in [-0.3, -0.25) is 5.32 Å². The summed E-state index contributed by atoms with van der Waals surface area (Å²) < 4.78 is 4.30. The molecule has 1 heterocycles. The number of nitrogens with zero attached hydrogens (tertiary/aromatic N) is 2. The van der Waals surface area contributed by atoms with Gasteiger partial charge in [0.05, 0.1) is 5.69 Å². The largest absolute Gasteiger partial charge is 0.361 e. The van der Waals surface area contributed by atoms with Crippen LogP contribution >= 0.6 is 35.5 Å². The summed E-state index contributed by atoms with van der Waals surface area (Å²) in [6, 6.07) is 2.10. The Balaban J connectivity index is 2.04. The molecule has 86 valence electrons. The van der Waals surface area contributed by atoms with E-state index in [0.717, 1.165) is 23.7 Å². The van der Waals surface area contributed by atoms with Gasteiger partial charge in [0.1, 0.15) is 0 Å². The first-order chi connectivity index (χ1) is 7.72. The topological polar surface area (TPSA) is 60.7 Å². The highest BCUT2D eigenvalue weighted by Gasteiger charge is 1.98. The van der Waals surface area contributed by atoms with Crippen molar-refractivity contribution in [3.05, 3.63) is 16.6 Å². The van der Waals surface area contributed by atoms with E-state index in [-0.39, 0.29) is 0 Å². The molecule has 0 aromatic carbocycles. The molecule has 0 aliphatic carbocycles. The molecule has 0 fully saturated rings. The number of rotatable bonds is 5. The number of aromatic nitrogens is 1. The molecule has 0 saturated heterocycles. The molecular formula is C9H12N4S3. The zero-order valence-corrected chi connectivity index (χ0v) is 11.3. The van der Waals surface area contributed by atoms with Crippen molar-refractivity contribution in [3.63, 3.8) is 0 Å². The Hall–Kier alpha value is -0.840. The highest BCUT2D eigenvalue weighted by Crippen LogP contribution is 2.14. The molecule has 0 amide bonds. The van der Waals surface area contributed by atoms with Gasteiger partial charge < -0.3 is 5.32 Å². The Labute approximate surface area is 109 Å². The highest BCUT2D eigenvalue weighted by atomic mass is 32.2. The number of aryl methyl sites for hydroxylation is 1. The zero-order valence-electron chi connectivity index (χ0n) is 8.82. The highest BCUT2D eigenvalue weighted by molar-refractivity contribution is 7.98. The normalized spacial score (nSPS) is 9.50. The first-order valence-electron chi connectivity index (χ1n) is 4.65. The summed E-state index contributed by atoms with van der Waals surface area (Å²) in [6.45, 7) is 2.81. The number of nitriles is 1. The molecule has 7 heteroatoms. The van der Waals surface area contributed by atoms with E-state index in [9.17, 15) is 0 Å². The lowest BCUT2D eigenvalue weighted by Gasteiger charge is -2.04. The van der Waals surface area contributed by atoms with Crippen molar-refractivity contribution in [2.45, 2.75) is 12.7 Å². The van der Waals surface area contributed by atoms with E-state index in [4.69, 9.17) is 17.5 Å². The fourth-order valence-corrected chi connectivity index (χ4v) is 2.54. The molecule has 0 spiro atoms. The Morgan fingerprint density at radius 3 is 3.19 bits per heavy atom. The number of nitrogens with one attached hydrogen (secondary N) is 2. The average molecular weight is 272 g/mol. The first kappa shape index (κ1) is 13.2. The average Bonchev–Trinajstić information content (AvgIpc) is 2.64. The molecule has 0 aliphatic rings. The van der Waals surface area contributed by atoms with Crippen molar-refractivity contribution in [2.24, 2.45) is 0 Å². The van der Waals surface area contributed by atoms with Gasteiger partial charge in [-0.15, -0.1) is 0 Å². The maximum Gasteiger partial charge on any atom is 0.183 e. The lowest BCUT2D eigenvalue weighted by Crippen LogP contribution is -2.33. The number of thioether (sulfide) groups is 1. The molecule has 0 saturated carbocycles. The van der Waals surface area contributed by atoms with Crippen molar-refractivity contribution < 1.29 is 0 Å². The van der Waals surface area contributed by atoms with Gasteiger partial charge in [-0.2, -0.15) is 21.4 Å². The number of hydrogen-bond acceptors (Lipinski definition) is 5. The predicted octanol–water partition coefficient (Wildman–Crippen LogP) is 1.63. The Morgan fingerprint density at radius 1 is 1.75 bits per heavy atom. The molecule has 16 heavy (non-hydrogen) atoms. The summed E-state index contributed by atoms with van der Waals surface area (Å²) in [4.78, 5) is 1.24. The van der Waals surface area contributed by atoms with Crippen molar-refractivity contribution in [3.8, 4) is 6.19 Å². The molecule has 0 atom stereocenters. The van der Waals surface area contributed by atoms with E-state index in [2.05, 4.69) is 28.0 Å². The summed E-state index contributed by atoms with van der Waals surface area (Å²) in [5.41, 5.74) is 1.13. The van der Waals surface area contributed by atoms with Crippen LogP contribution in [0, 0.1) is 18.4 Å². The minimum Gasteiger partial charge on any atom is -0.361 e. The van der Waals surface area contributed by atoms with Gasteiger partial charge in [-0.1, -0.05) is 0 Å². The molecule has 1 aromatic rings. The van der Waals surface area contributed by atoms with Crippen molar-refractivity contribution in [2.75, 3.05) is 12.3 Å². The maximum absolute atomic E-state index is 8.29. The van der Waals surface area contributed by atoms with Crippen LogP contribution in [0.25, 0.3) is 0 Å². The minimum absolute atomic E-state index is 0.382. The molecular weight excluding hydrogens is 260 g/mol. The predicted molar refractivity (Wildman–Crippen MR) is 72.4 cm³/mol. The Morgan fingerprint density at radius 2 is 2.56 bits per heavy atom. The smallest absolute Gasteiger partial charge is 0.183 e. The first-order valence-corrected chi connectivity index (χ1v) is 6.99. The standard InChI is InChI=1S/C9H12N4S3/c1-7-4-8(13-16-7)5-15-3-2-11-9(14)12-6-10/h4H,2-3,5H2,1H3,(H2,11,12,14). The SMILES string of the molecule is Cc1cc(CSCCNC(=S)NC#N)ns1. The third-order valence-corrected chi connectivity index (χ3v) is 3.60. The van der Waals surface area contributed by atoms with Crippen LogP contribution in [-0.2, 0) is 5.75 Å². The van der Waals surface area contributed by atoms with Gasteiger partial charge in [-0.05, 0) is 36.7 Å². The van der Waals surface area contributed by atoms with Crippen molar-refractivity contribution >= 4 is 40.6 Å². The molecule has 0 aliphatic heterocycles. The second-order valence-corrected chi connectivity index (χ2v) is 5.50. The Bertz CT molecular complexity index is 382. The van der Waals surface area contributed by atoms with Gasteiger partial charge in [0.2, 0.25) is 0 Å². The summed E-state index contributed by atoms with van der Waals surface area (Å²) in [7, 11) is 0. The van der Waals surface area contributed by atoms with Crippen LogP contribution in [-0.4, -0.2) is 21.8 Å². The van der Waals surface area contributed by atoms with Crippen molar-refractivity contribution in [1.29, 1.82) is 5.26 Å². The maximum atomic E-state index is 8.29. The van der Waals surface area contributed by atoms with Crippen LogP contribution in [0.4, 0.5) is 0 Å². The van der Waals surface area contributed by atoms with Crippen LogP contribution in [0.15, 0.2) is 6.07 Å². The van der Waals surface area contributed by atoms with Crippen LogP contribution in [0.5, 0.6) is 0 Å². The van der Waals surface area contributed by atoms with Crippen LogP contribution < -0.4 is 10.6 Å². The lowest BCUT2D eigenvalue weighted by atomic mass is 10.4. The second kappa shape index (κ2) is 7.44. The summed E-state index contributed by atoms with van der Waals surface area (Å²) in [5, 5.41) is 14.0. The monoisotopic (exact) mass is 272 g/mol. The molecule has 0 bridgehead atoms. The minimum atomic E-state index is 0.382. The van der Waals surface area contributed by atoms with Gasteiger partial charge in [0, 0.05) is 22.9 Å². The van der Waals surface area contributed by atoms with Gasteiger partial charge in [0.25, 0.3) is 0 Å². The quantitative estimate of drug-likeness (QED) is 0.368. The summed E-state index contributed by atoms with van der Waals surface area (Å²) in [6.07, 6.45) is 1.77. The molecule has 1 rings (SSSR count). The summed E-state index contributed by atoms with van der Waals surface area (Å²) in [5.74, 6) is 1.86. The van der Waals surface area contributed by atoms with E-state index in [1.54, 1.807) is 18.0 Å². The molecule has 0 unspecified atom stereocenters. The second-order valence-electron chi connectivity index (χ2n) is 2.97. The number of thiocarbonyl (C=S) groups is 1. The van der Waals surface area contributed by atoms with E-state index in [1.807, 2.05) is 0 Å². The van der Waals surface area contributed by atoms with E-state index in [1.165, 1.54) is 16.4 Å². The van der Waals surface area contributed by atoms with E-state index in [0.29, 0.717) is 5.11 Å². The van der Waals surface area contributed by atoms with Gasteiger partial charge in [-0.25, -0.2) is 0 Å².